The van der Waals surface area contributed by atoms with Crippen LogP contribution in [0.5, 0.6) is 0 Å². The summed E-state index contributed by atoms with van der Waals surface area (Å²) in [7, 11) is 0. The molecule has 0 amide bonds. The van der Waals surface area contributed by atoms with Gasteiger partial charge in [-0.1, -0.05) is 42.5 Å². The first-order valence-corrected chi connectivity index (χ1v) is 4.03. The Hall–Kier alpha value is -1.04. The molecular formula is C11H11. The van der Waals surface area contributed by atoms with Crippen LogP contribution in [-0.4, -0.2) is 0 Å². The summed E-state index contributed by atoms with van der Waals surface area (Å²) < 4.78 is 0. The van der Waals surface area contributed by atoms with Gasteiger partial charge in [0.15, 0.2) is 0 Å². The van der Waals surface area contributed by atoms with Crippen LogP contribution in [0.1, 0.15) is 18.4 Å². The Morgan fingerprint density at radius 1 is 0.909 bits per heavy atom. The topological polar surface area (TPSA) is 0 Å². The molecule has 2 rings (SSSR count). The minimum absolute atomic E-state index is 1.30. The Balaban J connectivity index is 2.05. The molecule has 1 saturated carbocycles. The maximum absolute atomic E-state index is 2.23. The Labute approximate surface area is 67.6 Å². The Morgan fingerprint density at radius 3 is 2.27 bits per heavy atom. The van der Waals surface area contributed by atoms with E-state index in [-0.39, 0.29) is 0 Å². The second-order valence-electron chi connectivity index (χ2n) is 2.90. The van der Waals surface area contributed by atoms with Gasteiger partial charge in [-0.05, 0) is 24.3 Å². The molecule has 0 spiro atoms. The van der Waals surface area contributed by atoms with Crippen LogP contribution in [0.4, 0.5) is 0 Å². The summed E-state index contributed by atoms with van der Waals surface area (Å²) in [6.45, 7) is 0. The summed E-state index contributed by atoms with van der Waals surface area (Å²) in [6, 6.07) is 10.4. The third-order valence-corrected chi connectivity index (χ3v) is 1.85. The first-order chi connectivity index (χ1) is 5.45. The summed E-state index contributed by atoms with van der Waals surface area (Å²) in [5.41, 5.74) is 1.30. The Morgan fingerprint density at radius 2 is 1.64 bits per heavy atom. The molecule has 1 aliphatic carbocycles. The summed E-state index contributed by atoms with van der Waals surface area (Å²) in [5.74, 6) is 1.58. The smallest absolute Gasteiger partial charge is 0.00232 e. The summed E-state index contributed by atoms with van der Waals surface area (Å²) >= 11 is 0. The fourth-order valence-electron chi connectivity index (χ4n) is 1.02. The van der Waals surface area contributed by atoms with Crippen molar-refractivity contribution in [1.82, 2.24) is 0 Å². The van der Waals surface area contributed by atoms with E-state index >= 15 is 0 Å². The number of allylic oxidation sites excluding steroid dienone is 1. The zero-order valence-corrected chi connectivity index (χ0v) is 6.46. The van der Waals surface area contributed by atoms with Crippen molar-refractivity contribution in [2.45, 2.75) is 12.8 Å². The molecule has 1 aromatic carbocycles. The van der Waals surface area contributed by atoms with Gasteiger partial charge in [0.1, 0.15) is 0 Å². The van der Waals surface area contributed by atoms with E-state index in [0.717, 1.165) is 0 Å². The van der Waals surface area contributed by atoms with E-state index in [4.69, 9.17) is 0 Å². The van der Waals surface area contributed by atoms with E-state index in [9.17, 15) is 0 Å². The van der Waals surface area contributed by atoms with Crippen molar-refractivity contribution in [3.05, 3.63) is 47.9 Å². The molecule has 11 heavy (non-hydrogen) atoms. The maximum Gasteiger partial charge on any atom is -0.00232 e. The van der Waals surface area contributed by atoms with Crippen molar-refractivity contribution < 1.29 is 0 Å². The highest BCUT2D eigenvalue weighted by Gasteiger charge is 2.17. The first-order valence-electron chi connectivity index (χ1n) is 4.03. The third kappa shape index (κ3) is 1.94. The van der Waals surface area contributed by atoms with Crippen molar-refractivity contribution in [2.24, 2.45) is 0 Å². The molecule has 0 atom stereocenters. The maximum atomic E-state index is 2.23. The van der Waals surface area contributed by atoms with Gasteiger partial charge in [-0.3, -0.25) is 0 Å². The SMILES string of the molecule is C(=Cc1ccccc1)[C]1CC1. The molecule has 0 aliphatic heterocycles. The highest BCUT2D eigenvalue weighted by atomic mass is 14.2. The van der Waals surface area contributed by atoms with Gasteiger partial charge in [-0.15, -0.1) is 0 Å². The lowest BCUT2D eigenvalue weighted by molar-refractivity contribution is 1.50. The third-order valence-electron chi connectivity index (χ3n) is 1.85. The van der Waals surface area contributed by atoms with Crippen molar-refractivity contribution in [3.8, 4) is 0 Å². The predicted octanol–water partition coefficient (Wildman–Crippen LogP) is 3.07. The number of rotatable bonds is 2. The molecule has 55 valence electrons. The molecule has 0 unspecified atom stereocenters. The highest BCUT2D eigenvalue weighted by Crippen LogP contribution is 2.33. The predicted molar refractivity (Wildman–Crippen MR) is 48.0 cm³/mol. The van der Waals surface area contributed by atoms with Crippen molar-refractivity contribution in [3.63, 3.8) is 0 Å². The largest absolute Gasteiger partial charge is 0.0768 e. The van der Waals surface area contributed by atoms with Gasteiger partial charge in [-0.2, -0.15) is 0 Å². The van der Waals surface area contributed by atoms with Crippen LogP contribution in [0.15, 0.2) is 36.4 Å². The summed E-state index contributed by atoms with van der Waals surface area (Å²) in [6.07, 6.45) is 7.03. The van der Waals surface area contributed by atoms with E-state index in [2.05, 4.69) is 36.4 Å². The second-order valence-corrected chi connectivity index (χ2v) is 2.90. The van der Waals surface area contributed by atoms with Gasteiger partial charge in [0, 0.05) is 0 Å². The molecule has 0 aromatic heterocycles. The van der Waals surface area contributed by atoms with E-state index in [0.29, 0.717) is 0 Å². The van der Waals surface area contributed by atoms with Crippen LogP contribution >= 0.6 is 0 Å². The van der Waals surface area contributed by atoms with Gasteiger partial charge in [0.05, 0.1) is 0 Å². The van der Waals surface area contributed by atoms with E-state index in [1.165, 1.54) is 18.4 Å². The fourth-order valence-corrected chi connectivity index (χ4v) is 1.02. The molecule has 0 saturated heterocycles. The molecule has 1 aromatic rings. The average Bonchev–Trinajstić information content (AvgIpc) is 2.86. The summed E-state index contributed by atoms with van der Waals surface area (Å²) in [4.78, 5) is 0. The zero-order valence-electron chi connectivity index (χ0n) is 6.46. The molecule has 0 heteroatoms. The van der Waals surface area contributed by atoms with Gasteiger partial charge in [-0.25, -0.2) is 0 Å². The number of hydrogen-bond donors (Lipinski definition) is 0. The Kier molecular flexibility index (Phi) is 1.76. The lowest BCUT2D eigenvalue weighted by Gasteiger charge is -1.88. The monoisotopic (exact) mass is 143 g/mol. The molecule has 0 nitrogen and oxygen atoms in total. The normalized spacial score (nSPS) is 17.5. The Bertz CT molecular complexity index is 242. The molecule has 1 fully saturated rings. The molecule has 0 N–H and O–H groups in total. The quantitative estimate of drug-likeness (QED) is 0.596. The fraction of sp³-hybridized carbons (Fsp3) is 0.182. The standard InChI is InChI=1S/C11H11/c1-2-4-10(5-3-1)6-7-11-8-9-11/h1-7H,8-9H2. The molecule has 1 aliphatic rings. The highest BCUT2D eigenvalue weighted by molar-refractivity contribution is 5.52. The van der Waals surface area contributed by atoms with Crippen LogP contribution in [0.3, 0.4) is 0 Å². The molecule has 0 heterocycles. The number of benzene rings is 1. The molecule has 1 radical (unpaired) electrons. The van der Waals surface area contributed by atoms with Crippen LogP contribution in [0.2, 0.25) is 0 Å². The van der Waals surface area contributed by atoms with Gasteiger partial charge < -0.3 is 0 Å². The first kappa shape index (κ1) is 6.66. The molecular weight excluding hydrogens is 132 g/mol. The minimum Gasteiger partial charge on any atom is -0.0768 e. The minimum atomic E-state index is 1.30. The lowest BCUT2D eigenvalue weighted by atomic mass is 10.2. The van der Waals surface area contributed by atoms with Gasteiger partial charge in [0.2, 0.25) is 0 Å². The van der Waals surface area contributed by atoms with Crippen molar-refractivity contribution in [2.75, 3.05) is 0 Å². The second kappa shape index (κ2) is 2.91. The number of hydrogen-bond acceptors (Lipinski definition) is 0. The zero-order chi connectivity index (χ0) is 7.52. The van der Waals surface area contributed by atoms with Crippen LogP contribution in [0, 0.1) is 5.92 Å². The van der Waals surface area contributed by atoms with Crippen LogP contribution in [-0.2, 0) is 0 Å². The van der Waals surface area contributed by atoms with Gasteiger partial charge >= 0.3 is 0 Å². The van der Waals surface area contributed by atoms with Crippen molar-refractivity contribution >= 4 is 6.08 Å². The van der Waals surface area contributed by atoms with Gasteiger partial charge in [0.25, 0.3) is 0 Å². The van der Waals surface area contributed by atoms with E-state index < -0.39 is 0 Å². The average molecular weight is 143 g/mol. The lowest BCUT2D eigenvalue weighted by Crippen LogP contribution is -1.67. The van der Waals surface area contributed by atoms with E-state index in [1.807, 2.05) is 6.07 Å². The molecule has 0 bridgehead atoms. The van der Waals surface area contributed by atoms with Crippen molar-refractivity contribution in [1.29, 1.82) is 0 Å². The van der Waals surface area contributed by atoms with E-state index in [1.54, 1.807) is 5.92 Å². The van der Waals surface area contributed by atoms with Crippen LogP contribution < -0.4 is 0 Å². The summed E-state index contributed by atoms with van der Waals surface area (Å²) in [5, 5.41) is 0. The van der Waals surface area contributed by atoms with Crippen LogP contribution in [0.25, 0.3) is 6.08 Å².